The number of aliphatic hydroxyl groups is 1. The van der Waals surface area contributed by atoms with Crippen LogP contribution in [0.25, 0.3) is 10.8 Å². The topological polar surface area (TPSA) is 90.4 Å². The molecule has 3 aromatic carbocycles. The van der Waals surface area contributed by atoms with Crippen LogP contribution in [0.15, 0.2) is 98.1 Å². The van der Waals surface area contributed by atoms with E-state index in [0.29, 0.717) is 38.0 Å². The molecule has 0 aromatic heterocycles. The lowest BCUT2D eigenvalue weighted by Crippen LogP contribution is -2.57. The molecule has 1 spiro atoms. The Morgan fingerprint density at radius 3 is 2.38 bits per heavy atom. The number of likely N-dealkylation sites (tertiary alicyclic amines) is 1. The van der Waals surface area contributed by atoms with Gasteiger partial charge in [-0.25, -0.2) is 0 Å². The SMILES string of the molecule is C=CCN(Cc1ccccc1)C(=O)[C@H]1[C@H]2C(=O)N(CCCCO)C(C(=O)N(CC=C)c3ccc4ccccc4c3)C23CC(C)[C@]1(C)O3. The molecule has 8 heteroatoms. The monoisotopic (exact) mass is 635 g/mol. The number of ether oxygens (including phenoxy) is 1. The summed E-state index contributed by atoms with van der Waals surface area (Å²) in [6.45, 7) is 13.1. The first-order chi connectivity index (χ1) is 22.7. The van der Waals surface area contributed by atoms with Gasteiger partial charge in [0.05, 0.1) is 17.4 Å². The first kappa shape index (κ1) is 32.7. The van der Waals surface area contributed by atoms with Crippen LogP contribution in [0.2, 0.25) is 0 Å². The summed E-state index contributed by atoms with van der Waals surface area (Å²) in [6, 6.07) is 22.7. The Kier molecular flexibility index (Phi) is 9.09. The van der Waals surface area contributed by atoms with E-state index in [1.165, 1.54) is 0 Å². The van der Waals surface area contributed by atoms with Crippen molar-refractivity contribution in [2.24, 2.45) is 17.8 Å². The molecule has 3 unspecified atom stereocenters. The number of carbonyl (C=O) groups excluding carboxylic acids is 3. The number of carbonyl (C=O) groups is 3. The summed E-state index contributed by atoms with van der Waals surface area (Å²) >= 11 is 0. The van der Waals surface area contributed by atoms with Gasteiger partial charge in [-0.15, -0.1) is 13.2 Å². The maximum atomic E-state index is 15.0. The minimum Gasteiger partial charge on any atom is -0.396 e. The van der Waals surface area contributed by atoms with E-state index in [1.807, 2.05) is 79.7 Å². The van der Waals surface area contributed by atoms with Crippen molar-refractivity contribution < 1.29 is 24.2 Å². The first-order valence-electron chi connectivity index (χ1n) is 16.7. The van der Waals surface area contributed by atoms with Gasteiger partial charge in [-0.3, -0.25) is 14.4 Å². The Bertz CT molecular complexity index is 1680. The van der Waals surface area contributed by atoms with E-state index >= 15 is 0 Å². The fraction of sp³-hybridized carbons (Fsp3) is 0.410. The summed E-state index contributed by atoms with van der Waals surface area (Å²) in [4.78, 5) is 49.4. The van der Waals surface area contributed by atoms with E-state index < -0.39 is 29.1 Å². The number of fused-ring (bicyclic) bond motifs is 2. The van der Waals surface area contributed by atoms with Gasteiger partial charge in [0.2, 0.25) is 11.8 Å². The van der Waals surface area contributed by atoms with Crippen LogP contribution >= 0.6 is 0 Å². The van der Waals surface area contributed by atoms with E-state index in [4.69, 9.17) is 4.74 Å². The van der Waals surface area contributed by atoms with Crippen LogP contribution in [-0.4, -0.2) is 76.1 Å². The van der Waals surface area contributed by atoms with Crippen molar-refractivity contribution in [3.63, 3.8) is 0 Å². The molecule has 47 heavy (non-hydrogen) atoms. The van der Waals surface area contributed by atoms with Crippen molar-refractivity contribution in [1.29, 1.82) is 0 Å². The van der Waals surface area contributed by atoms with Gasteiger partial charge in [-0.05, 0) is 60.6 Å². The van der Waals surface area contributed by atoms with Gasteiger partial charge in [0, 0.05) is 38.5 Å². The molecule has 1 N–H and O–H groups in total. The highest BCUT2D eigenvalue weighted by atomic mass is 16.5. The molecule has 6 rings (SSSR count). The zero-order valence-corrected chi connectivity index (χ0v) is 27.4. The molecular formula is C39H45N3O5. The van der Waals surface area contributed by atoms with Crippen LogP contribution in [-0.2, 0) is 25.7 Å². The van der Waals surface area contributed by atoms with Crippen LogP contribution in [0.3, 0.4) is 0 Å². The number of anilines is 1. The Morgan fingerprint density at radius 2 is 1.68 bits per heavy atom. The first-order valence-corrected chi connectivity index (χ1v) is 16.7. The highest BCUT2D eigenvalue weighted by Crippen LogP contribution is 2.65. The van der Waals surface area contributed by atoms with Crippen LogP contribution in [0, 0.1) is 17.8 Å². The molecule has 3 aliphatic heterocycles. The minimum absolute atomic E-state index is 0.0163. The van der Waals surface area contributed by atoms with Crippen LogP contribution in [0.1, 0.15) is 38.7 Å². The van der Waals surface area contributed by atoms with E-state index in [1.54, 1.807) is 26.9 Å². The molecule has 0 radical (unpaired) electrons. The molecule has 3 aliphatic rings. The molecule has 3 heterocycles. The average molecular weight is 636 g/mol. The highest BCUT2D eigenvalue weighted by molar-refractivity contribution is 6.06. The lowest BCUT2D eigenvalue weighted by atomic mass is 9.62. The maximum Gasteiger partial charge on any atom is 0.253 e. The second-order valence-electron chi connectivity index (χ2n) is 13.4. The molecule has 8 nitrogen and oxygen atoms in total. The number of unbranched alkanes of at least 4 members (excludes halogenated alkanes) is 1. The maximum absolute atomic E-state index is 15.0. The molecular weight excluding hydrogens is 590 g/mol. The van der Waals surface area contributed by atoms with Gasteiger partial charge in [-0.1, -0.05) is 79.7 Å². The van der Waals surface area contributed by atoms with Gasteiger partial charge < -0.3 is 24.5 Å². The predicted molar refractivity (Wildman–Crippen MR) is 183 cm³/mol. The smallest absolute Gasteiger partial charge is 0.253 e. The second kappa shape index (κ2) is 13.1. The van der Waals surface area contributed by atoms with Gasteiger partial charge in [0.25, 0.3) is 5.91 Å². The number of amides is 3. The summed E-state index contributed by atoms with van der Waals surface area (Å²) in [6.07, 6.45) is 4.89. The molecule has 246 valence electrons. The van der Waals surface area contributed by atoms with Crippen molar-refractivity contribution in [1.82, 2.24) is 9.80 Å². The predicted octanol–water partition coefficient (Wildman–Crippen LogP) is 5.36. The average Bonchev–Trinajstić information content (AvgIpc) is 3.59. The number of benzene rings is 3. The van der Waals surface area contributed by atoms with Crippen molar-refractivity contribution in [3.8, 4) is 0 Å². The fourth-order valence-corrected chi connectivity index (χ4v) is 8.36. The van der Waals surface area contributed by atoms with E-state index in [2.05, 4.69) is 20.1 Å². The summed E-state index contributed by atoms with van der Waals surface area (Å²) < 4.78 is 7.01. The Labute approximate surface area is 277 Å². The molecule has 3 aromatic rings. The summed E-state index contributed by atoms with van der Waals surface area (Å²) in [5.74, 6) is -2.31. The highest BCUT2D eigenvalue weighted by Gasteiger charge is 2.80. The third kappa shape index (κ3) is 5.47. The van der Waals surface area contributed by atoms with Crippen LogP contribution in [0.5, 0.6) is 0 Å². The van der Waals surface area contributed by atoms with Crippen molar-refractivity contribution in [2.75, 3.05) is 31.1 Å². The van der Waals surface area contributed by atoms with Crippen molar-refractivity contribution in [2.45, 2.75) is 56.9 Å². The molecule has 0 saturated carbocycles. The summed E-state index contributed by atoms with van der Waals surface area (Å²) in [5, 5.41) is 11.6. The molecule has 0 aliphatic carbocycles. The van der Waals surface area contributed by atoms with E-state index in [9.17, 15) is 19.5 Å². The van der Waals surface area contributed by atoms with Crippen LogP contribution < -0.4 is 4.90 Å². The Balaban J connectivity index is 1.42. The largest absolute Gasteiger partial charge is 0.396 e. The van der Waals surface area contributed by atoms with Gasteiger partial charge in [-0.2, -0.15) is 0 Å². The third-order valence-corrected chi connectivity index (χ3v) is 10.6. The number of hydrogen-bond donors (Lipinski definition) is 1. The minimum atomic E-state index is -1.18. The van der Waals surface area contributed by atoms with Crippen molar-refractivity contribution in [3.05, 3.63) is 104 Å². The standard InChI is InChI=1S/C39H45N3O5/c1-5-20-40(26-28-14-8-7-9-15-28)35(44)32-33-36(45)42(22-12-13-23-43)34(39(33)25-27(3)38(32,4)47-39)37(46)41(21-6-2)31-19-18-29-16-10-11-17-30(29)24-31/h5-11,14-19,24,27,32-34,43H,1-2,12-13,20-23,25-26H2,3-4H3/t27?,32-,33+,34?,38+,39?/m1/s1. The Morgan fingerprint density at radius 1 is 0.979 bits per heavy atom. The number of hydrogen-bond acceptors (Lipinski definition) is 5. The molecule has 6 atom stereocenters. The normalized spacial score (nSPS) is 27.6. The fourth-order valence-electron chi connectivity index (χ4n) is 8.36. The van der Waals surface area contributed by atoms with Crippen LogP contribution in [0.4, 0.5) is 5.69 Å². The van der Waals surface area contributed by atoms with Crippen molar-refractivity contribution >= 4 is 34.2 Å². The number of nitrogens with zero attached hydrogens (tertiary/aromatic N) is 3. The lowest BCUT2D eigenvalue weighted by Gasteiger charge is -2.39. The van der Waals surface area contributed by atoms with E-state index in [0.717, 1.165) is 16.3 Å². The molecule has 3 saturated heterocycles. The lowest BCUT2D eigenvalue weighted by molar-refractivity contribution is -0.151. The van der Waals surface area contributed by atoms with Gasteiger partial charge in [0.15, 0.2) is 0 Å². The number of rotatable bonds is 13. The second-order valence-corrected chi connectivity index (χ2v) is 13.4. The Hall–Kier alpha value is -4.27. The molecule has 3 fully saturated rings. The zero-order valence-electron chi connectivity index (χ0n) is 27.4. The quantitative estimate of drug-likeness (QED) is 0.202. The van der Waals surface area contributed by atoms with Gasteiger partial charge >= 0.3 is 0 Å². The summed E-state index contributed by atoms with van der Waals surface area (Å²) in [7, 11) is 0. The molecule has 2 bridgehead atoms. The third-order valence-electron chi connectivity index (χ3n) is 10.6. The summed E-state index contributed by atoms with van der Waals surface area (Å²) in [5.41, 5.74) is -0.428. The zero-order chi connectivity index (χ0) is 33.3. The molecule has 3 amide bonds. The van der Waals surface area contributed by atoms with E-state index in [-0.39, 0.29) is 43.3 Å². The number of aliphatic hydroxyl groups excluding tert-OH is 1. The van der Waals surface area contributed by atoms with Gasteiger partial charge in [0.1, 0.15) is 11.6 Å².